The van der Waals surface area contributed by atoms with Crippen molar-refractivity contribution >= 4 is 49.2 Å². The highest BCUT2D eigenvalue weighted by atomic mass is 15.0. The molecule has 0 radical (unpaired) electrons. The maximum absolute atomic E-state index is 3.24. The number of hydrogen-bond donors (Lipinski definition) is 0. The Morgan fingerprint density at radius 3 is 1.80 bits per heavy atom. The van der Waals surface area contributed by atoms with Gasteiger partial charge in [-0.15, -0.1) is 0 Å². The molecule has 210 valence electrons. The summed E-state index contributed by atoms with van der Waals surface area (Å²) in [6, 6.07) is 50.7. The second-order valence-corrected chi connectivity index (χ2v) is 11.6. The van der Waals surface area contributed by atoms with Crippen LogP contribution in [-0.4, -0.2) is 9.13 Å². The van der Waals surface area contributed by atoms with Crippen molar-refractivity contribution in [2.75, 3.05) is 0 Å². The molecule has 1 aliphatic rings. The molecule has 45 heavy (non-hydrogen) atoms. The van der Waals surface area contributed by atoms with E-state index in [0.717, 1.165) is 17.8 Å². The molecular formula is C43H28N2. The van der Waals surface area contributed by atoms with Crippen molar-refractivity contribution in [3.8, 4) is 34.3 Å². The molecule has 2 heterocycles. The van der Waals surface area contributed by atoms with Crippen LogP contribution in [0.3, 0.4) is 0 Å². The molecule has 0 amide bonds. The first-order valence-electron chi connectivity index (χ1n) is 15.4. The molecule has 0 unspecified atom stereocenters. The maximum Gasteiger partial charge on any atom is 0.0788 e. The highest BCUT2D eigenvalue weighted by Crippen LogP contribution is 2.42. The highest BCUT2D eigenvalue weighted by molar-refractivity contribution is 6.23. The fraction of sp³-hybridized carbons (Fsp3) is 0.0233. The van der Waals surface area contributed by atoms with Crippen molar-refractivity contribution < 1.29 is 0 Å². The quantitative estimate of drug-likeness (QED) is 0.186. The number of hydrogen-bond acceptors (Lipinski definition) is 0. The molecule has 0 saturated heterocycles. The van der Waals surface area contributed by atoms with Crippen LogP contribution in [0.5, 0.6) is 0 Å². The third-order valence-electron chi connectivity index (χ3n) is 9.03. The van der Waals surface area contributed by atoms with Crippen LogP contribution in [-0.2, 0) is 0 Å². The van der Waals surface area contributed by atoms with Crippen LogP contribution in [0.15, 0.2) is 158 Å². The Kier molecular flexibility index (Phi) is 5.83. The van der Waals surface area contributed by atoms with E-state index in [1.165, 1.54) is 65.9 Å². The van der Waals surface area contributed by atoms with E-state index in [-0.39, 0.29) is 0 Å². The molecule has 0 spiro atoms. The largest absolute Gasteiger partial charge is 0.307 e. The summed E-state index contributed by atoms with van der Waals surface area (Å²) >= 11 is 0. The van der Waals surface area contributed by atoms with E-state index in [1.807, 2.05) is 12.2 Å². The minimum atomic E-state index is 0.754. The summed E-state index contributed by atoms with van der Waals surface area (Å²) in [5.41, 5.74) is 12.0. The van der Waals surface area contributed by atoms with Gasteiger partial charge in [0.05, 0.1) is 22.1 Å². The second kappa shape index (κ2) is 10.3. The molecule has 6 aromatic carbocycles. The molecule has 1 aliphatic carbocycles. The summed E-state index contributed by atoms with van der Waals surface area (Å²) in [7, 11) is 0. The molecule has 0 bridgehead atoms. The van der Waals surface area contributed by atoms with Gasteiger partial charge >= 0.3 is 0 Å². The summed E-state index contributed by atoms with van der Waals surface area (Å²) < 4.78 is 4.92. The van der Waals surface area contributed by atoms with Crippen LogP contribution in [0.2, 0.25) is 0 Å². The zero-order valence-electron chi connectivity index (χ0n) is 24.6. The third kappa shape index (κ3) is 4.06. The average Bonchev–Trinajstić information content (AvgIpc) is 3.47. The Bertz CT molecular complexity index is 2540. The van der Waals surface area contributed by atoms with Crippen LogP contribution in [0.4, 0.5) is 0 Å². The van der Waals surface area contributed by atoms with Crippen molar-refractivity contribution in [1.29, 1.82) is 0 Å². The lowest BCUT2D eigenvalue weighted by molar-refractivity contribution is 1.15. The average molecular weight is 573 g/mol. The van der Waals surface area contributed by atoms with Gasteiger partial charge < -0.3 is 9.13 Å². The van der Waals surface area contributed by atoms with E-state index < -0.39 is 0 Å². The SMILES string of the molecule is C1#CCC(c2ccc(-n3c4ccccc4c4ccc5c6ccccc6n(-c6cccc(-c7ccccc7)c6)c5c43)cc2)=CC=C1. The van der Waals surface area contributed by atoms with Gasteiger partial charge in [-0.1, -0.05) is 127 Å². The predicted molar refractivity (Wildman–Crippen MR) is 190 cm³/mol. The lowest BCUT2D eigenvalue weighted by atomic mass is 10.0. The topological polar surface area (TPSA) is 9.86 Å². The Morgan fingerprint density at radius 1 is 0.467 bits per heavy atom. The van der Waals surface area contributed by atoms with E-state index in [2.05, 4.69) is 167 Å². The van der Waals surface area contributed by atoms with E-state index in [1.54, 1.807) is 0 Å². The van der Waals surface area contributed by atoms with Crippen molar-refractivity contribution in [2.45, 2.75) is 6.42 Å². The van der Waals surface area contributed by atoms with Gasteiger partial charge in [0.15, 0.2) is 0 Å². The number of allylic oxidation sites excluding steroid dienone is 4. The molecular weight excluding hydrogens is 544 g/mol. The molecule has 0 fully saturated rings. The zero-order chi connectivity index (χ0) is 29.7. The van der Waals surface area contributed by atoms with Crippen molar-refractivity contribution in [2.24, 2.45) is 0 Å². The first-order valence-corrected chi connectivity index (χ1v) is 15.4. The third-order valence-corrected chi connectivity index (χ3v) is 9.03. The Morgan fingerprint density at radius 2 is 1.09 bits per heavy atom. The lowest BCUT2D eigenvalue weighted by Crippen LogP contribution is -1.99. The molecule has 0 N–H and O–H groups in total. The van der Waals surface area contributed by atoms with Gasteiger partial charge in [-0.2, -0.15) is 0 Å². The van der Waals surface area contributed by atoms with Gasteiger partial charge in [0.2, 0.25) is 0 Å². The van der Waals surface area contributed by atoms with Gasteiger partial charge in [0, 0.05) is 39.3 Å². The maximum atomic E-state index is 3.24. The molecule has 2 aromatic heterocycles. The number of para-hydroxylation sites is 2. The van der Waals surface area contributed by atoms with Crippen molar-refractivity contribution in [1.82, 2.24) is 9.13 Å². The number of benzene rings is 6. The normalized spacial score (nSPS) is 12.8. The summed E-state index contributed by atoms with van der Waals surface area (Å²) in [5.74, 6) is 6.33. The first-order chi connectivity index (χ1) is 22.3. The van der Waals surface area contributed by atoms with Crippen molar-refractivity contribution in [3.63, 3.8) is 0 Å². The fourth-order valence-electron chi connectivity index (χ4n) is 6.99. The minimum Gasteiger partial charge on any atom is -0.307 e. The van der Waals surface area contributed by atoms with Crippen molar-refractivity contribution in [3.05, 3.63) is 163 Å². The highest BCUT2D eigenvalue weighted by Gasteiger charge is 2.21. The summed E-state index contributed by atoms with van der Waals surface area (Å²) in [6.07, 6.45) is 6.87. The Hall–Kier alpha value is -6.04. The minimum absolute atomic E-state index is 0.754. The van der Waals surface area contributed by atoms with Crippen LogP contribution < -0.4 is 0 Å². The summed E-state index contributed by atoms with van der Waals surface area (Å²) in [4.78, 5) is 0. The van der Waals surface area contributed by atoms with Crippen LogP contribution in [0.1, 0.15) is 12.0 Å². The number of aromatic nitrogens is 2. The molecule has 0 saturated carbocycles. The van der Waals surface area contributed by atoms with Gasteiger partial charge in [-0.25, -0.2) is 0 Å². The van der Waals surface area contributed by atoms with Gasteiger partial charge in [-0.3, -0.25) is 0 Å². The van der Waals surface area contributed by atoms with E-state index in [9.17, 15) is 0 Å². The van der Waals surface area contributed by atoms with Gasteiger partial charge in [0.25, 0.3) is 0 Å². The Labute approximate surface area is 261 Å². The monoisotopic (exact) mass is 572 g/mol. The first kappa shape index (κ1) is 25.5. The lowest BCUT2D eigenvalue weighted by Gasteiger charge is -2.14. The van der Waals surface area contributed by atoms with Gasteiger partial charge in [-0.05, 0) is 64.7 Å². The smallest absolute Gasteiger partial charge is 0.0788 e. The molecule has 0 aliphatic heterocycles. The standard InChI is InChI=1S/C43H28N2/c1-2-5-14-30(13-4-1)32-23-25-34(26-24-32)44-40-21-10-8-19-36(40)38-27-28-39-37-20-9-11-22-41(37)45(43(39)42(38)44)35-18-12-17-33(29-35)31-15-6-3-7-16-31/h1,3-4,6-13,15-29H,14H2. The summed E-state index contributed by atoms with van der Waals surface area (Å²) in [6.45, 7) is 0. The molecule has 8 aromatic rings. The van der Waals surface area contributed by atoms with E-state index >= 15 is 0 Å². The van der Waals surface area contributed by atoms with Crippen LogP contribution >= 0.6 is 0 Å². The molecule has 0 atom stereocenters. The van der Waals surface area contributed by atoms with Crippen LogP contribution in [0, 0.1) is 11.8 Å². The van der Waals surface area contributed by atoms with Crippen LogP contribution in [0.25, 0.3) is 71.7 Å². The summed E-state index contributed by atoms with van der Waals surface area (Å²) in [5, 5.41) is 5.00. The molecule has 2 nitrogen and oxygen atoms in total. The van der Waals surface area contributed by atoms with E-state index in [4.69, 9.17) is 0 Å². The predicted octanol–water partition coefficient (Wildman–Crippen LogP) is 10.9. The van der Waals surface area contributed by atoms with E-state index in [0.29, 0.717) is 0 Å². The molecule has 2 heteroatoms. The van der Waals surface area contributed by atoms with Gasteiger partial charge in [0.1, 0.15) is 0 Å². The number of fused-ring (bicyclic) bond motifs is 7. The molecule has 9 rings (SSSR count). The number of rotatable bonds is 4. The second-order valence-electron chi connectivity index (χ2n) is 11.6. The fourth-order valence-corrected chi connectivity index (χ4v) is 6.99. The number of nitrogens with zero attached hydrogens (tertiary/aromatic N) is 2. The zero-order valence-corrected chi connectivity index (χ0v) is 24.6. The Balaban J connectivity index is 1.36.